The molecule has 0 fully saturated rings. The number of pyridine rings is 2. The summed E-state index contributed by atoms with van der Waals surface area (Å²) < 4.78 is 0. The zero-order valence-corrected chi connectivity index (χ0v) is 11.4. The molecule has 4 nitrogen and oxygen atoms in total. The number of amidine groups is 1. The number of nitrogen functional groups attached to an aromatic ring is 1. The van der Waals surface area contributed by atoms with E-state index in [0.717, 1.165) is 20.8 Å². The molecule has 0 aliphatic carbocycles. The molecule has 3 aromatic rings. The Kier molecular flexibility index (Phi) is 3.35. The molecule has 0 saturated heterocycles. The van der Waals surface area contributed by atoms with Crippen LogP contribution in [0.2, 0.25) is 0 Å². The number of nitrogens with two attached hydrogens (primary N) is 1. The number of benzene rings is 1. The van der Waals surface area contributed by atoms with Gasteiger partial charge in [0, 0.05) is 28.2 Å². The fourth-order valence-corrected chi connectivity index (χ4v) is 2.79. The molecule has 3 rings (SSSR count). The number of nitrogens with zero attached hydrogens (tertiary/aromatic N) is 2. The van der Waals surface area contributed by atoms with Crippen LogP contribution in [0.1, 0.15) is 5.56 Å². The van der Waals surface area contributed by atoms with Gasteiger partial charge in [-0.3, -0.25) is 10.4 Å². The zero-order valence-electron chi connectivity index (χ0n) is 10.6. The summed E-state index contributed by atoms with van der Waals surface area (Å²) >= 11 is 1.49. The van der Waals surface area contributed by atoms with Crippen molar-refractivity contribution >= 4 is 28.5 Å². The largest absolute Gasteiger partial charge is 0.384 e. The van der Waals surface area contributed by atoms with Crippen molar-refractivity contribution in [1.29, 1.82) is 5.41 Å². The number of nitrogens with one attached hydrogen (secondary N) is 1. The standard InChI is InChI=1S/C15H12N4S/c16-14(17)12-9-10-3-1-2-4-13(10)19-15(12)20-11-5-7-18-8-6-11/h1-9H,(H3,16,17). The van der Waals surface area contributed by atoms with Gasteiger partial charge >= 0.3 is 0 Å². The zero-order chi connectivity index (χ0) is 13.9. The average Bonchev–Trinajstić information content (AvgIpc) is 2.47. The molecule has 20 heavy (non-hydrogen) atoms. The number of hydrogen-bond donors (Lipinski definition) is 2. The van der Waals surface area contributed by atoms with E-state index in [2.05, 4.69) is 9.97 Å². The predicted molar refractivity (Wildman–Crippen MR) is 81.1 cm³/mol. The van der Waals surface area contributed by atoms with Crippen LogP contribution in [0.25, 0.3) is 10.9 Å². The van der Waals surface area contributed by atoms with Crippen LogP contribution in [-0.2, 0) is 0 Å². The lowest BCUT2D eigenvalue weighted by atomic mass is 10.1. The van der Waals surface area contributed by atoms with Gasteiger partial charge in [-0.2, -0.15) is 0 Å². The molecule has 0 aliphatic rings. The molecule has 1 aromatic carbocycles. The first-order valence-electron chi connectivity index (χ1n) is 6.06. The second-order valence-electron chi connectivity index (χ2n) is 4.23. The fourth-order valence-electron chi connectivity index (χ4n) is 1.89. The number of rotatable bonds is 3. The Morgan fingerprint density at radius 1 is 1.10 bits per heavy atom. The monoisotopic (exact) mass is 280 g/mol. The maximum atomic E-state index is 7.73. The molecule has 0 bridgehead atoms. The van der Waals surface area contributed by atoms with E-state index in [1.807, 2.05) is 42.5 Å². The van der Waals surface area contributed by atoms with Gasteiger partial charge in [0.15, 0.2) is 0 Å². The summed E-state index contributed by atoms with van der Waals surface area (Å²) in [5.41, 5.74) is 7.23. The highest BCUT2D eigenvalue weighted by Gasteiger charge is 2.10. The topological polar surface area (TPSA) is 75.7 Å². The Morgan fingerprint density at radius 2 is 1.85 bits per heavy atom. The van der Waals surface area contributed by atoms with Crippen molar-refractivity contribution in [1.82, 2.24) is 9.97 Å². The van der Waals surface area contributed by atoms with E-state index < -0.39 is 0 Å². The van der Waals surface area contributed by atoms with Crippen molar-refractivity contribution in [2.75, 3.05) is 0 Å². The van der Waals surface area contributed by atoms with Crippen molar-refractivity contribution in [3.05, 3.63) is 60.4 Å². The molecule has 0 atom stereocenters. The minimum Gasteiger partial charge on any atom is -0.384 e. The van der Waals surface area contributed by atoms with Crippen molar-refractivity contribution < 1.29 is 0 Å². The summed E-state index contributed by atoms with van der Waals surface area (Å²) in [5, 5.41) is 9.45. The molecule has 5 heteroatoms. The van der Waals surface area contributed by atoms with E-state index in [9.17, 15) is 0 Å². The fraction of sp³-hybridized carbons (Fsp3) is 0. The quantitative estimate of drug-likeness (QED) is 0.571. The molecule has 2 heterocycles. The SMILES string of the molecule is N=C(N)c1cc2ccccc2nc1Sc1ccncc1. The third kappa shape index (κ3) is 2.48. The Labute approximate surface area is 120 Å². The van der Waals surface area contributed by atoms with Crippen LogP contribution in [0.5, 0.6) is 0 Å². The average molecular weight is 280 g/mol. The lowest BCUT2D eigenvalue weighted by Gasteiger charge is -2.09. The summed E-state index contributed by atoms with van der Waals surface area (Å²) in [6.07, 6.45) is 3.47. The van der Waals surface area contributed by atoms with Crippen LogP contribution >= 0.6 is 11.8 Å². The highest BCUT2D eigenvalue weighted by atomic mass is 32.2. The van der Waals surface area contributed by atoms with Gasteiger partial charge in [-0.15, -0.1) is 0 Å². The Balaban J connectivity index is 2.12. The van der Waals surface area contributed by atoms with Gasteiger partial charge in [0.2, 0.25) is 0 Å². The van der Waals surface area contributed by atoms with E-state index in [-0.39, 0.29) is 5.84 Å². The second kappa shape index (κ2) is 5.30. The van der Waals surface area contributed by atoms with E-state index >= 15 is 0 Å². The number of para-hydroxylation sites is 1. The molecule has 0 radical (unpaired) electrons. The molecule has 2 aromatic heterocycles. The summed E-state index contributed by atoms with van der Waals surface area (Å²) in [7, 11) is 0. The normalized spacial score (nSPS) is 10.6. The third-order valence-corrected chi connectivity index (χ3v) is 3.86. The van der Waals surface area contributed by atoms with Gasteiger partial charge in [-0.05, 0) is 24.3 Å². The smallest absolute Gasteiger partial charge is 0.125 e. The van der Waals surface area contributed by atoms with Crippen molar-refractivity contribution in [2.24, 2.45) is 5.73 Å². The number of aromatic nitrogens is 2. The molecular formula is C15H12N4S. The van der Waals surface area contributed by atoms with Gasteiger partial charge in [-0.25, -0.2) is 4.98 Å². The maximum Gasteiger partial charge on any atom is 0.125 e. The summed E-state index contributed by atoms with van der Waals surface area (Å²) in [6, 6.07) is 13.5. The highest BCUT2D eigenvalue weighted by molar-refractivity contribution is 7.99. The molecule has 0 unspecified atom stereocenters. The lowest BCUT2D eigenvalue weighted by Crippen LogP contribution is -2.13. The maximum absolute atomic E-state index is 7.73. The van der Waals surface area contributed by atoms with Gasteiger partial charge < -0.3 is 5.73 Å². The lowest BCUT2D eigenvalue weighted by molar-refractivity contribution is 1.15. The van der Waals surface area contributed by atoms with E-state index in [1.165, 1.54) is 11.8 Å². The van der Waals surface area contributed by atoms with Crippen LogP contribution in [0.3, 0.4) is 0 Å². The third-order valence-electron chi connectivity index (χ3n) is 2.84. The number of fused-ring (bicyclic) bond motifs is 1. The summed E-state index contributed by atoms with van der Waals surface area (Å²) in [4.78, 5) is 9.63. The predicted octanol–water partition coefficient (Wildman–Crippen LogP) is 3.07. The minimum atomic E-state index is 0.0276. The minimum absolute atomic E-state index is 0.0276. The van der Waals surface area contributed by atoms with Gasteiger partial charge in [-0.1, -0.05) is 30.0 Å². The van der Waals surface area contributed by atoms with E-state index in [1.54, 1.807) is 12.4 Å². The van der Waals surface area contributed by atoms with Gasteiger partial charge in [0.1, 0.15) is 10.9 Å². The molecule has 98 valence electrons. The van der Waals surface area contributed by atoms with Crippen molar-refractivity contribution in [3.8, 4) is 0 Å². The Morgan fingerprint density at radius 3 is 2.60 bits per heavy atom. The molecule has 0 spiro atoms. The molecule has 0 saturated carbocycles. The first-order valence-corrected chi connectivity index (χ1v) is 6.88. The van der Waals surface area contributed by atoms with Gasteiger partial charge in [0.05, 0.1) is 5.52 Å². The Bertz CT molecular complexity index is 771. The van der Waals surface area contributed by atoms with Crippen molar-refractivity contribution in [3.63, 3.8) is 0 Å². The van der Waals surface area contributed by atoms with Crippen LogP contribution in [-0.4, -0.2) is 15.8 Å². The second-order valence-corrected chi connectivity index (χ2v) is 5.29. The van der Waals surface area contributed by atoms with Crippen molar-refractivity contribution in [2.45, 2.75) is 9.92 Å². The summed E-state index contributed by atoms with van der Waals surface area (Å²) in [5.74, 6) is 0.0276. The van der Waals surface area contributed by atoms with E-state index in [0.29, 0.717) is 5.56 Å². The Hall–Kier alpha value is -2.40. The molecule has 0 aliphatic heterocycles. The van der Waals surface area contributed by atoms with Crippen LogP contribution in [0.15, 0.2) is 64.8 Å². The van der Waals surface area contributed by atoms with Crippen LogP contribution in [0, 0.1) is 5.41 Å². The number of hydrogen-bond acceptors (Lipinski definition) is 4. The van der Waals surface area contributed by atoms with Crippen LogP contribution < -0.4 is 5.73 Å². The van der Waals surface area contributed by atoms with E-state index in [4.69, 9.17) is 11.1 Å². The first-order chi connectivity index (χ1) is 9.74. The molecule has 3 N–H and O–H groups in total. The van der Waals surface area contributed by atoms with Gasteiger partial charge in [0.25, 0.3) is 0 Å². The highest BCUT2D eigenvalue weighted by Crippen LogP contribution is 2.30. The molecule has 0 amide bonds. The van der Waals surface area contributed by atoms with Crippen LogP contribution in [0.4, 0.5) is 0 Å². The summed E-state index contributed by atoms with van der Waals surface area (Å²) in [6.45, 7) is 0. The molecular weight excluding hydrogens is 268 g/mol. The first kappa shape index (κ1) is 12.6.